The predicted octanol–water partition coefficient (Wildman–Crippen LogP) is 3.12. The predicted molar refractivity (Wildman–Crippen MR) is 127 cm³/mol. The third-order valence-electron chi connectivity index (χ3n) is 4.54. The minimum Gasteiger partial charge on any atom is -0.377 e. The van der Waals surface area contributed by atoms with Crippen LogP contribution in [0.25, 0.3) is 6.08 Å². The molecule has 2 rings (SSSR count). The molecule has 0 saturated heterocycles. The lowest BCUT2D eigenvalue weighted by atomic mass is 10.1. The molecular weight excluding hydrogens is 404 g/mol. The first-order valence-electron chi connectivity index (χ1n) is 10.5. The number of nitrogens with one attached hydrogen (secondary N) is 2. The first-order valence-corrected chi connectivity index (χ1v) is 10.5. The average Bonchev–Trinajstić information content (AvgIpc) is 2.78. The van der Waals surface area contributed by atoms with Gasteiger partial charge in [-0.25, -0.2) is 0 Å². The van der Waals surface area contributed by atoms with Gasteiger partial charge in [0.1, 0.15) is 0 Å². The van der Waals surface area contributed by atoms with Crippen LogP contribution in [-0.2, 0) is 9.47 Å². The van der Waals surface area contributed by atoms with Crippen LogP contribution in [-0.4, -0.2) is 51.3 Å². The van der Waals surface area contributed by atoms with Gasteiger partial charge in [0, 0.05) is 29.8 Å². The average molecular weight is 435 g/mol. The monoisotopic (exact) mass is 434 g/mol. The molecule has 32 heavy (non-hydrogen) atoms. The van der Waals surface area contributed by atoms with Crippen LogP contribution in [0.2, 0.25) is 0 Å². The minimum absolute atomic E-state index is 0.143. The maximum absolute atomic E-state index is 12.2. The Bertz CT molecular complexity index is 992. The van der Waals surface area contributed by atoms with E-state index in [4.69, 9.17) is 15.9 Å². The third kappa shape index (κ3) is 8.38. The summed E-state index contributed by atoms with van der Waals surface area (Å²) in [6, 6.07) is 10.9. The summed E-state index contributed by atoms with van der Waals surface area (Å²) in [4.78, 5) is 24.4. The van der Waals surface area contributed by atoms with Gasteiger partial charge in [-0.15, -0.1) is 6.42 Å². The van der Waals surface area contributed by atoms with Crippen molar-refractivity contribution in [1.29, 1.82) is 0 Å². The van der Waals surface area contributed by atoms with Gasteiger partial charge in [-0.05, 0) is 60.9 Å². The quantitative estimate of drug-likeness (QED) is 0.398. The minimum atomic E-state index is -0.186. The molecule has 0 aliphatic carbocycles. The Hall–Kier alpha value is -3.40. The fourth-order valence-electron chi connectivity index (χ4n) is 3.06. The molecule has 2 aromatic rings. The first kappa shape index (κ1) is 24.9. The Morgan fingerprint density at radius 2 is 1.41 bits per heavy atom. The summed E-state index contributed by atoms with van der Waals surface area (Å²) in [5, 5.41) is 5.63. The van der Waals surface area contributed by atoms with Gasteiger partial charge in [0.25, 0.3) is 11.8 Å². The van der Waals surface area contributed by atoms with Crippen molar-refractivity contribution in [2.75, 3.05) is 39.5 Å². The van der Waals surface area contributed by atoms with Gasteiger partial charge in [0.15, 0.2) is 0 Å². The Labute approximate surface area is 190 Å². The van der Waals surface area contributed by atoms with Crippen molar-refractivity contribution in [3.05, 3.63) is 76.4 Å². The first-order chi connectivity index (χ1) is 15.4. The highest BCUT2D eigenvalue weighted by molar-refractivity contribution is 5.95. The molecule has 0 aromatic heterocycles. The second-order valence-corrected chi connectivity index (χ2v) is 7.31. The van der Waals surface area contributed by atoms with Gasteiger partial charge in [0.05, 0.1) is 26.4 Å². The number of hydrogen-bond acceptors (Lipinski definition) is 4. The molecule has 0 radical (unpaired) electrons. The summed E-state index contributed by atoms with van der Waals surface area (Å²) in [5.41, 5.74) is 4.68. The standard InChI is InChI=1S/C26H30N2O4/c1-5-21-13-19(3)15-23(17-21)25(29)27-7-9-31-11-12-32-10-8-28-26(30)24-16-20(4)14-22(6-2)18-24/h1,6,13-18H,2,7-12H2,3-4H3,(H,27,29)(H,28,30). The Kier molecular flexibility index (Phi) is 10.2. The SMILES string of the molecule is C#Cc1cc(C)cc(C(=O)NCCOCCOCCNC(=O)c2cc(C)cc(C=C)c2)c1. The molecule has 6 heteroatoms. The Balaban J connectivity index is 1.54. The van der Waals surface area contributed by atoms with E-state index in [1.807, 2.05) is 32.0 Å². The molecule has 0 aliphatic heterocycles. The zero-order valence-electron chi connectivity index (χ0n) is 18.7. The van der Waals surface area contributed by atoms with E-state index in [1.165, 1.54) is 0 Å². The highest BCUT2D eigenvalue weighted by Gasteiger charge is 2.07. The van der Waals surface area contributed by atoms with E-state index in [-0.39, 0.29) is 11.8 Å². The Morgan fingerprint density at radius 1 is 0.875 bits per heavy atom. The lowest BCUT2D eigenvalue weighted by Crippen LogP contribution is -2.28. The maximum Gasteiger partial charge on any atom is 0.251 e. The molecular formula is C26H30N2O4. The number of rotatable bonds is 12. The van der Waals surface area contributed by atoms with Gasteiger partial charge in [0.2, 0.25) is 0 Å². The van der Waals surface area contributed by atoms with E-state index in [1.54, 1.807) is 24.3 Å². The molecule has 2 aromatic carbocycles. The molecule has 0 aliphatic rings. The van der Waals surface area contributed by atoms with E-state index >= 15 is 0 Å². The molecule has 2 amide bonds. The van der Waals surface area contributed by atoms with E-state index in [9.17, 15) is 9.59 Å². The van der Waals surface area contributed by atoms with Gasteiger partial charge >= 0.3 is 0 Å². The smallest absolute Gasteiger partial charge is 0.251 e. The zero-order chi connectivity index (χ0) is 23.3. The van der Waals surface area contributed by atoms with Crippen molar-refractivity contribution >= 4 is 17.9 Å². The molecule has 2 N–H and O–H groups in total. The van der Waals surface area contributed by atoms with Crippen LogP contribution in [0.15, 0.2) is 43.0 Å². The van der Waals surface area contributed by atoms with Crippen LogP contribution < -0.4 is 10.6 Å². The normalized spacial score (nSPS) is 10.3. The molecule has 0 spiro atoms. The van der Waals surface area contributed by atoms with Gasteiger partial charge in [-0.2, -0.15) is 0 Å². The lowest BCUT2D eigenvalue weighted by molar-refractivity contribution is 0.0486. The number of benzene rings is 2. The molecule has 0 bridgehead atoms. The van der Waals surface area contributed by atoms with Crippen molar-refractivity contribution in [2.45, 2.75) is 13.8 Å². The Morgan fingerprint density at radius 3 is 1.94 bits per heavy atom. The van der Waals surface area contributed by atoms with Crippen LogP contribution >= 0.6 is 0 Å². The maximum atomic E-state index is 12.2. The summed E-state index contributed by atoms with van der Waals surface area (Å²) < 4.78 is 10.9. The van der Waals surface area contributed by atoms with Crippen LogP contribution in [0.3, 0.4) is 0 Å². The van der Waals surface area contributed by atoms with Crippen LogP contribution in [0.5, 0.6) is 0 Å². The van der Waals surface area contributed by atoms with E-state index in [0.717, 1.165) is 16.7 Å². The van der Waals surface area contributed by atoms with Crippen LogP contribution in [0.4, 0.5) is 0 Å². The second-order valence-electron chi connectivity index (χ2n) is 7.31. The lowest BCUT2D eigenvalue weighted by Gasteiger charge is -2.09. The highest BCUT2D eigenvalue weighted by atomic mass is 16.5. The zero-order valence-corrected chi connectivity index (χ0v) is 18.7. The topological polar surface area (TPSA) is 76.7 Å². The molecule has 0 fully saturated rings. The molecule has 6 nitrogen and oxygen atoms in total. The number of hydrogen-bond donors (Lipinski definition) is 2. The second kappa shape index (κ2) is 13.1. The molecule has 0 atom stereocenters. The number of aryl methyl sites for hydroxylation is 2. The van der Waals surface area contributed by atoms with Gasteiger partial charge in [-0.3, -0.25) is 9.59 Å². The number of amides is 2. The molecule has 0 saturated carbocycles. The van der Waals surface area contributed by atoms with Crippen LogP contribution in [0.1, 0.15) is 43.0 Å². The van der Waals surface area contributed by atoms with Crippen LogP contribution in [0, 0.1) is 26.2 Å². The van der Waals surface area contributed by atoms with Gasteiger partial charge < -0.3 is 20.1 Å². The summed E-state index contributed by atoms with van der Waals surface area (Å²) in [5.74, 6) is 2.22. The summed E-state index contributed by atoms with van der Waals surface area (Å²) in [6.07, 6.45) is 7.12. The summed E-state index contributed by atoms with van der Waals surface area (Å²) in [7, 11) is 0. The van der Waals surface area contributed by atoms with Crippen molar-refractivity contribution in [3.63, 3.8) is 0 Å². The number of terminal acetylenes is 1. The van der Waals surface area contributed by atoms with E-state index in [2.05, 4.69) is 23.1 Å². The molecule has 0 heterocycles. The van der Waals surface area contributed by atoms with Crippen molar-refractivity contribution in [1.82, 2.24) is 10.6 Å². The van der Waals surface area contributed by atoms with Crippen molar-refractivity contribution in [3.8, 4) is 12.3 Å². The largest absolute Gasteiger partial charge is 0.377 e. The fourth-order valence-corrected chi connectivity index (χ4v) is 3.06. The molecule has 168 valence electrons. The summed E-state index contributed by atoms with van der Waals surface area (Å²) in [6.45, 7) is 9.92. The highest BCUT2D eigenvalue weighted by Crippen LogP contribution is 2.11. The van der Waals surface area contributed by atoms with E-state index in [0.29, 0.717) is 56.2 Å². The third-order valence-corrected chi connectivity index (χ3v) is 4.54. The fraction of sp³-hybridized carbons (Fsp3) is 0.308. The van der Waals surface area contributed by atoms with Gasteiger partial charge in [-0.1, -0.05) is 24.6 Å². The number of carbonyl (C=O) groups excluding carboxylic acids is 2. The number of carbonyl (C=O) groups is 2. The molecule has 0 unspecified atom stereocenters. The van der Waals surface area contributed by atoms with Crippen molar-refractivity contribution in [2.24, 2.45) is 0 Å². The number of ether oxygens (including phenoxy) is 2. The summed E-state index contributed by atoms with van der Waals surface area (Å²) >= 11 is 0. The van der Waals surface area contributed by atoms with Crippen molar-refractivity contribution < 1.29 is 19.1 Å². The van der Waals surface area contributed by atoms with E-state index < -0.39 is 0 Å².